The number of thiocarbonyl (C=S) groups is 1. The summed E-state index contributed by atoms with van der Waals surface area (Å²) in [6.45, 7) is 0.774. The minimum absolute atomic E-state index is 0.0728. The van der Waals surface area contributed by atoms with Crippen molar-refractivity contribution in [2.45, 2.75) is 18.9 Å². The number of nitrogens with zero attached hydrogens (tertiary/aromatic N) is 1. The molecule has 0 heterocycles. The van der Waals surface area contributed by atoms with Gasteiger partial charge in [0.1, 0.15) is 10.8 Å². The van der Waals surface area contributed by atoms with Crippen molar-refractivity contribution in [3.63, 3.8) is 0 Å². The fraction of sp³-hybridized carbons (Fsp3) is 0.462. The number of hydrogen-bond acceptors (Lipinski definition) is 3. The summed E-state index contributed by atoms with van der Waals surface area (Å²) >= 11 is 4.90. The number of hydrogen-bond donors (Lipinski definition) is 2. The highest BCUT2D eigenvalue weighted by Gasteiger charge is 2.28. The number of aliphatic hydroxyl groups is 1. The van der Waals surface area contributed by atoms with Crippen LogP contribution in [0.1, 0.15) is 18.4 Å². The molecule has 0 radical (unpaired) electrons. The van der Waals surface area contributed by atoms with Crippen molar-refractivity contribution >= 4 is 22.9 Å². The molecule has 1 aliphatic carbocycles. The van der Waals surface area contributed by atoms with Crippen LogP contribution in [-0.2, 0) is 0 Å². The Bertz CT molecular complexity index is 460. The lowest BCUT2D eigenvalue weighted by atomic mass is 9.82. The summed E-state index contributed by atoms with van der Waals surface area (Å²) in [5, 5.41) is 9.27. The standard InChI is InChI=1S/C13H17FN2OS/c1-16(7-8-5-9(17)6-8)11-4-2-3-10(14)12(11)13(15)18/h2-4,8-9,17H,5-7H2,1H3,(H2,15,18). The minimum Gasteiger partial charge on any atom is -0.393 e. The molecule has 3 nitrogen and oxygen atoms in total. The highest BCUT2D eigenvalue weighted by Crippen LogP contribution is 2.30. The largest absolute Gasteiger partial charge is 0.393 e. The van der Waals surface area contributed by atoms with Crippen LogP contribution in [0, 0.1) is 11.7 Å². The molecule has 0 saturated heterocycles. The Morgan fingerprint density at radius 1 is 1.56 bits per heavy atom. The zero-order valence-corrected chi connectivity index (χ0v) is 11.1. The van der Waals surface area contributed by atoms with Gasteiger partial charge in [-0.1, -0.05) is 18.3 Å². The van der Waals surface area contributed by atoms with Crippen LogP contribution in [0.5, 0.6) is 0 Å². The Labute approximate surface area is 111 Å². The van der Waals surface area contributed by atoms with E-state index in [1.807, 2.05) is 18.0 Å². The molecule has 0 atom stereocenters. The quantitative estimate of drug-likeness (QED) is 0.816. The minimum atomic E-state index is -0.388. The van der Waals surface area contributed by atoms with Gasteiger partial charge in [0, 0.05) is 19.3 Å². The Morgan fingerprint density at radius 3 is 2.78 bits per heavy atom. The van der Waals surface area contributed by atoms with E-state index in [-0.39, 0.29) is 16.9 Å². The van der Waals surface area contributed by atoms with Crippen molar-refractivity contribution in [3.05, 3.63) is 29.6 Å². The van der Waals surface area contributed by atoms with Gasteiger partial charge in [-0.15, -0.1) is 0 Å². The van der Waals surface area contributed by atoms with E-state index in [1.54, 1.807) is 6.07 Å². The molecule has 1 aromatic rings. The number of anilines is 1. The third-order valence-corrected chi connectivity index (χ3v) is 3.60. The van der Waals surface area contributed by atoms with Gasteiger partial charge in [-0.3, -0.25) is 0 Å². The molecule has 1 fully saturated rings. The molecule has 3 N–H and O–H groups in total. The van der Waals surface area contributed by atoms with E-state index in [4.69, 9.17) is 18.0 Å². The molecule has 98 valence electrons. The van der Waals surface area contributed by atoms with Crippen molar-refractivity contribution in [1.29, 1.82) is 0 Å². The fourth-order valence-electron chi connectivity index (χ4n) is 2.41. The lowest BCUT2D eigenvalue weighted by molar-refractivity contribution is 0.0465. The Kier molecular flexibility index (Phi) is 3.82. The van der Waals surface area contributed by atoms with Crippen molar-refractivity contribution in [2.75, 3.05) is 18.5 Å². The smallest absolute Gasteiger partial charge is 0.135 e. The van der Waals surface area contributed by atoms with E-state index in [9.17, 15) is 9.50 Å². The van der Waals surface area contributed by atoms with Crippen molar-refractivity contribution < 1.29 is 9.50 Å². The third kappa shape index (κ3) is 2.62. The molecule has 0 bridgehead atoms. The summed E-state index contributed by atoms with van der Waals surface area (Å²) in [7, 11) is 1.89. The molecule has 18 heavy (non-hydrogen) atoms. The maximum atomic E-state index is 13.7. The summed E-state index contributed by atoms with van der Waals surface area (Å²) in [5.74, 6) is 0.0629. The molecule has 0 unspecified atom stereocenters. The number of nitrogens with two attached hydrogens (primary N) is 1. The van der Waals surface area contributed by atoms with Crippen LogP contribution in [0.3, 0.4) is 0 Å². The second kappa shape index (κ2) is 5.20. The monoisotopic (exact) mass is 268 g/mol. The molecule has 1 aromatic carbocycles. The number of aliphatic hydroxyl groups excluding tert-OH is 1. The summed E-state index contributed by atoms with van der Waals surface area (Å²) < 4.78 is 13.7. The van der Waals surface area contributed by atoms with Gasteiger partial charge >= 0.3 is 0 Å². The maximum Gasteiger partial charge on any atom is 0.135 e. The zero-order valence-electron chi connectivity index (χ0n) is 10.3. The van der Waals surface area contributed by atoms with Crippen LogP contribution in [-0.4, -0.2) is 29.8 Å². The molecule has 2 rings (SSSR count). The van der Waals surface area contributed by atoms with Gasteiger partial charge in [-0.2, -0.15) is 0 Å². The van der Waals surface area contributed by atoms with Gasteiger partial charge < -0.3 is 15.7 Å². The first-order valence-electron chi connectivity index (χ1n) is 5.96. The Morgan fingerprint density at radius 2 is 2.22 bits per heavy atom. The molecular weight excluding hydrogens is 251 g/mol. The molecule has 5 heteroatoms. The number of benzene rings is 1. The fourth-order valence-corrected chi connectivity index (χ4v) is 2.61. The SMILES string of the molecule is CN(CC1CC(O)C1)c1cccc(F)c1C(N)=S. The summed E-state index contributed by atoms with van der Waals surface area (Å²) in [6, 6.07) is 4.82. The second-order valence-corrected chi connectivity index (χ2v) is 5.31. The average molecular weight is 268 g/mol. The van der Waals surface area contributed by atoms with Crippen LogP contribution in [0.4, 0.5) is 10.1 Å². The molecular formula is C13H17FN2OS. The van der Waals surface area contributed by atoms with E-state index in [0.717, 1.165) is 19.4 Å². The lowest BCUT2D eigenvalue weighted by Crippen LogP contribution is -2.37. The average Bonchev–Trinajstić information content (AvgIpc) is 2.26. The predicted molar refractivity (Wildman–Crippen MR) is 74.3 cm³/mol. The van der Waals surface area contributed by atoms with Crippen LogP contribution in [0.15, 0.2) is 18.2 Å². The normalized spacial score (nSPS) is 22.4. The first-order chi connectivity index (χ1) is 8.49. The van der Waals surface area contributed by atoms with Crippen LogP contribution < -0.4 is 10.6 Å². The summed E-state index contributed by atoms with van der Waals surface area (Å²) in [5.41, 5.74) is 6.59. The van der Waals surface area contributed by atoms with E-state index in [1.165, 1.54) is 6.07 Å². The second-order valence-electron chi connectivity index (χ2n) is 4.87. The van der Waals surface area contributed by atoms with Gasteiger partial charge in [0.2, 0.25) is 0 Å². The van der Waals surface area contributed by atoms with Crippen LogP contribution >= 0.6 is 12.2 Å². The highest BCUT2D eigenvalue weighted by molar-refractivity contribution is 7.80. The number of halogens is 1. The molecule has 1 saturated carbocycles. The van der Waals surface area contributed by atoms with Crippen molar-refractivity contribution in [2.24, 2.45) is 11.7 Å². The van der Waals surface area contributed by atoms with E-state index >= 15 is 0 Å². The third-order valence-electron chi connectivity index (χ3n) is 3.39. The van der Waals surface area contributed by atoms with Gasteiger partial charge in [-0.25, -0.2) is 4.39 Å². The van der Waals surface area contributed by atoms with E-state index in [2.05, 4.69) is 0 Å². The highest BCUT2D eigenvalue weighted by atomic mass is 32.1. The molecule has 0 aromatic heterocycles. The Balaban J connectivity index is 2.16. The topological polar surface area (TPSA) is 49.5 Å². The Hall–Kier alpha value is -1.20. The van der Waals surface area contributed by atoms with Crippen LogP contribution in [0.2, 0.25) is 0 Å². The van der Waals surface area contributed by atoms with Crippen LogP contribution in [0.25, 0.3) is 0 Å². The van der Waals surface area contributed by atoms with E-state index in [0.29, 0.717) is 17.2 Å². The van der Waals surface area contributed by atoms with E-state index < -0.39 is 0 Å². The van der Waals surface area contributed by atoms with Gasteiger partial charge in [0.05, 0.1) is 11.7 Å². The first-order valence-corrected chi connectivity index (χ1v) is 6.37. The van der Waals surface area contributed by atoms with Crippen molar-refractivity contribution in [3.8, 4) is 0 Å². The molecule has 1 aliphatic rings. The number of rotatable bonds is 4. The molecule has 0 amide bonds. The molecule has 0 aliphatic heterocycles. The lowest BCUT2D eigenvalue weighted by Gasteiger charge is -2.35. The van der Waals surface area contributed by atoms with Crippen molar-refractivity contribution in [1.82, 2.24) is 0 Å². The predicted octanol–water partition coefficient (Wildman–Crippen LogP) is 1.67. The maximum absolute atomic E-state index is 13.7. The van der Waals surface area contributed by atoms with Gasteiger partial charge in [0.15, 0.2) is 0 Å². The van der Waals surface area contributed by atoms with Gasteiger partial charge in [0.25, 0.3) is 0 Å². The summed E-state index contributed by atoms with van der Waals surface area (Å²) in [6.07, 6.45) is 1.44. The first kappa shape index (κ1) is 13.2. The summed E-state index contributed by atoms with van der Waals surface area (Å²) in [4.78, 5) is 2.03. The zero-order chi connectivity index (χ0) is 13.3. The molecule has 0 spiro atoms. The van der Waals surface area contributed by atoms with Gasteiger partial charge in [-0.05, 0) is 30.9 Å².